The SMILES string of the molecule is CC(C)c1cccc(C(C)C)c1-n1c(-c2[c-]cc(F)cc2)nc2ccccc21.[2H]C([2H])([2H])c1cnc(-c2[c-]ccc3c2oc2ccccc23)cc1-c1ccc(C2([2H])CCC(C)(C)CC2)cc1C([2H])([2H])[2H].[Ir]. The summed E-state index contributed by atoms with van der Waals surface area (Å²) in [6.07, 6.45) is 4.33. The summed E-state index contributed by atoms with van der Waals surface area (Å²) in [5.74, 6) is 0.323. The number of halogens is 1. The molecule has 0 saturated heterocycles. The Morgan fingerprint density at radius 3 is 2.25 bits per heavy atom. The second-order valence-corrected chi connectivity index (χ2v) is 18.1. The molecule has 0 unspecified atom stereocenters. The number of fused-ring (bicyclic) bond motifs is 4. The Bertz CT molecular complexity index is 3350. The van der Waals surface area contributed by atoms with Crippen LogP contribution < -0.4 is 0 Å². The number of aryl methyl sites for hydroxylation is 2. The fourth-order valence-electron chi connectivity index (χ4n) is 8.96. The molecule has 0 atom stereocenters. The first-order valence-corrected chi connectivity index (χ1v) is 21.9. The molecule has 1 aliphatic rings. The predicted molar refractivity (Wildman–Crippen MR) is 259 cm³/mol. The molecule has 3 aromatic heterocycles. The van der Waals surface area contributed by atoms with E-state index in [0.717, 1.165) is 46.0 Å². The van der Waals surface area contributed by atoms with Crippen LogP contribution in [0.25, 0.3) is 72.4 Å². The number of furan rings is 1. The van der Waals surface area contributed by atoms with Gasteiger partial charge in [0.2, 0.25) is 0 Å². The Labute approximate surface area is 401 Å². The molecule has 4 nitrogen and oxygen atoms in total. The van der Waals surface area contributed by atoms with Crippen LogP contribution in [0, 0.1) is 37.1 Å². The summed E-state index contributed by atoms with van der Waals surface area (Å²) in [5, 5.41) is 1.82. The topological polar surface area (TPSA) is 43.9 Å². The van der Waals surface area contributed by atoms with Crippen molar-refractivity contribution < 1.29 is 38.5 Å². The monoisotopic (exact) mass is 1030 g/mol. The molecule has 6 heteroatoms. The molecule has 6 aromatic carbocycles. The molecule has 0 spiro atoms. The van der Waals surface area contributed by atoms with Crippen molar-refractivity contribution in [2.45, 2.75) is 98.7 Å². The minimum atomic E-state index is -2.54. The molecule has 64 heavy (non-hydrogen) atoms. The van der Waals surface area contributed by atoms with Crippen LogP contribution in [-0.4, -0.2) is 14.5 Å². The summed E-state index contributed by atoms with van der Waals surface area (Å²) in [6.45, 7) is 8.19. The number of imidazole rings is 1. The van der Waals surface area contributed by atoms with E-state index in [1.54, 1.807) is 36.4 Å². The van der Waals surface area contributed by atoms with Crippen LogP contribution in [0.15, 0.2) is 132 Å². The largest absolute Gasteiger partial charge is 0.501 e. The number of hydrogen-bond donors (Lipinski definition) is 0. The Hall–Kier alpha value is -5.68. The number of nitrogens with zero attached hydrogens (tertiary/aromatic N) is 3. The third-order valence-electron chi connectivity index (χ3n) is 12.6. The van der Waals surface area contributed by atoms with Crippen molar-refractivity contribution in [3.05, 3.63) is 173 Å². The molecular weight excluding hydrogens is 966 g/mol. The van der Waals surface area contributed by atoms with Crippen LogP contribution in [0.1, 0.15) is 122 Å². The standard InChI is InChI=1S/C33H32NO.C25H24FN2.Ir/c1-21-18-24(23-14-16-33(3,4)17-15-23)12-13-25(21)29-19-30(34-20-22(29)2)28-10-7-9-27-26-8-5-6-11-31(26)35-32(27)28;1-16(2)20-8-7-9-21(17(3)4)24(20)28-23-11-6-5-10-22(23)27-25(28)18-12-14-19(26)15-13-18;/h5-9,11-13,18-20,23H,14-17H2,1-4H3;5-12,14-17H,1-4H3;/q2*-1;/i1D3,2D3,23D;;. The van der Waals surface area contributed by atoms with Crippen molar-refractivity contribution in [3.63, 3.8) is 0 Å². The van der Waals surface area contributed by atoms with Gasteiger partial charge in [0.15, 0.2) is 0 Å². The maximum Gasteiger partial charge on any atom is 0.120 e. The van der Waals surface area contributed by atoms with Crippen molar-refractivity contribution in [2.24, 2.45) is 5.41 Å². The van der Waals surface area contributed by atoms with Crippen LogP contribution in [0.3, 0.4) is 0 Å². The second kappa shape index (κ2) is 18.4. The molecule has 1 aliphatic carbocycles. The van der Waals surface area contributed by atoms with Gasteiger partial charge in [-0.1, -0.05) is 125 Å². The molecule has 0 bridgehead atoms. The molecule has 10 rings (SSSR count). The van der Waals surface area contributed by atoms with E-state index >= 15 is 0 Å². The van der Waals surface area contributed by atoms with Crippen LogP contribution in [-0.2, 0) is 20.1 Å². The van der Waals surface area contributed by atoms with Crippen LogP contribution in [0.4, 0.5) is 4.39 Å². The van der Waals surface area contributed by atoms with Gasteiger partial charge in [0.05, 0.1) is 22.4 Å². The minimum absolute atomic E-state index is 0. The number of pyridine rings is 1. The maximum absolute atomic E-state index is 13.5. The van der Waals surface area contributed by atoms with Crippen LogP contribution >= 0.6 is 0 Å². The number of rotatable bonds is 7. The molecular formula is C58H56FIrN3O-2. The Morgan fingerprint density at radius 2 is 1.53 bits per heavy atom. The van der Waals surface area contributed by atoms with Crippen LogP contribution in [0.2, 0.25) is 0 Å². The van der Waals surface area contributed by atoms with Gasteiger partial charge in [-0.05, 0) is 125 Å². The zero-order valence-corrected chi connectivity index (χ0v) is 39.5. The first-order chi connectivity index (χ1) is 33.1. The summed E-state index contributed by atoms with van der Waals surface area (Å²) < 4.78 is 81.1. The molecule has 1 saturated carbocycles. The number of benzene rings is 6. The summed E-state index contributed by atoms with van der Waals surface area (Å²) in [6, 6.07) is 43.6. The Morgan fingerprint density at radius 1 is 0.797 bits per heavy atom. The smallest absolute Gasteiger partial charge is 0.120 e. The van der Waals surface area contributed by atoms with E-state index in [9.17, 15) is 5.76 Å². The fraction of sp³-hybridized carbons (Fsp3) is 0.276. The van der Waals surface area contributed by atoms with Crippen molar-refractivity contribution in [1.29, 1.82) is 0 Å². The average molecular weight is 1030 g/mol. The second-order valence-electron chi connectivity index (χ2n) is 18.1. The number of hydrogen-bond acceptors (Lipinski definition) is 3. The molecule has 1 fully saturated rings. The van der Waals surface area contributed by atoms with E-state index in [4.69, 9.17) is 17.6 Å². The first kappa shape index (κ1) is 36.6. The van der Waals surface area contributed by atoms with E-state index < -0.39 is 19.6 Å². The van der Waals surface area contributed by atoms with Gasteiger partial charge in [0.1, 0.15) is 5.58 Å². The van der Waals surface area contributed by atoms with Crippen molar-refractivity contribution in [1.82, 2.24) is 14.5 Å². The van der Waals surface area contributed by atoms with Crippen LogP contribution in [0.5, 0.6) is 0 Å². The van der Waals surface area contributed by atoms with Gasteiger partial charge in [0, 0.05) is 52.8 Å². The van der Waals surface area contributed by atoms with Gasteiger partial charge >= 0.3 is 0 Å². The third-order valence-corrected chi connectivity index (χ3v) is 12.6. The van der Waals surface area contributed by atoms with E-state index in [0.29, 0.717) is 58.2 Å². The Kier molecular flexibility index (Phi) is 10.6. The van der Waals surface area contributed by atoms with Crippen molar-refractivity contribution >= 4 is 33.0 Å². The van der Waals surface area contributed by atoms with Gasteiger partial charge < -0.3 is 14.0 Å². The minimum Gasteiger partial charge on any atom is -0.501 e. The first-order valence-electron chi connectivity index (χ1n) is 25.4. The Balaban J connectivity index is 0.000000203. The van der Waals surface area contributed by atoms with Gasteiger partial charge in [-0.15, -0.1) is 48.0 Å². The van der Waals surface area contributed by atoms with E-state index in [1.807, 2.05) is 48.5 Å². The predicted octanol–water partition coefficient (Wildman–Crippen LogP) is 16.3. The van der Waals surface area contributed by atoms with Crippen molar-refractivity contribution in [2.75, 3.05) is 0 Å². The van der Waals surface area contributed by atoms with Gasteiger partial charge in [0.25, 0.3) is 0 Å². The fourth-order valence-corrected chi connectivity index (χ4v) is 8.96. The van der Waals surface area contributed by atoms with Gasteiger partial charge in [-0.25, -0.2) is 0 Å². The van der Waals surface area contributed by atoms with Crippen molar-refractivity contribution in [3.8, 4) is 39.5 Å². The quantitative estimate of drug-likeness (QED) is 0.149. The van der Waals surface area contributed by atoms with Gasteiger partial charge in [-0.2, -0.15) is 0 Å². The molecule has 0 amide bonds. The molecule has 1 radical (unpaired) electrons. The molecule has 327 valence electrons. The molecule has 9 aromatic rings. The number of para-hydroxylation sites is 4. The summed E-state index contributed by atoms with van der Waals surface area (Å²) in [5.41, 5.74) is 10.1. The normalized spacial score (nSPS) is 16.5. The zero-order chi connectivity index (χ0) is 49.9. The zero-order valence-electron chi connectivity index (χ0n) is 44.1. The van der Waals surface area contributed by atoms with Gasteiger partial charge in [-0.3, -0.25) is 9.37 Å². The molecule has 0 N–H and O–H groups in total. The summed E-state index contributed by atoms with van der Waals surface area (Å²) >= 11 is 0. The summed E-state index contributed by atoms with van der Waals surface area (Å²) in [7, 11) is 0. The summed E-state index contributed by atoms with van der Waals surface area (Å²) in [4.78, 5) is 9.41. The number of aromatic nitrogens is 3. The molecule has 3 heterocycles. The van der Waals surface area contributed by atoms with E-state index in [2.05, 4.69) is 87.5 Å². The third kappa shape index (κ3) is 8.75. The van der Waals surface area contributed by atoms with E-state index in [-0.39, 0.29) is 48.0 Å². The average Bonchev–Trinajstić information content (AvgIpc) is 3.91. The maximum atomic E-state index is 13.5. The molecule has 0 aliphatic heterocycles. The van der Waals surface area contributed by atoms with E-state index in [1.165, 1.54) is 35.1 Å².